The zero-order chi connectivity index (χ0) is 30.2. The molecular weight excluding hydrogens is 637 g/mol. The monoisotopic (exact) mass is 682 g/mol. The molecule has 0 aliphatic rings. The molecule has 0 radical (unpaired) electrons. The van der Waals surface area contributed by atoms with Crippen molar-refractivity contribution in [3.8, 4) is 23.0 Å². The molecule has 2 aromatic carbocycles. The SMILES string of the molecule is CCCCCCCCCCCCCCOc1cc(Br)cc(OP(=O)(O)Oc2cccc(C[n+]3csc(C)c3)c2)c1OC. The molecule has 3 rings (SSSR count). The maximum Gasteiger partial charge on any atom is 0.585 e. The molecule has 3 aromatic rings. The topological polar surface area (TPSA) is 78.1 Å². The molecule has 1 N–H and O–H groups in total. The van der Waals surface area contributed by atoms with E-state index in [1.165, 1.54) is 76.2 Å². The van der Waals surface area contributed by atoms with Crippen molar-refractivity contribution in [3.05, 3.63) is 63.0 Å². The predicted octanol–water partition coefficient (Wildman–Crippen LogP) is 9.80. The number of benzene rings is 2. The fourth-order valence-electron chi connectivity index (χ4n) is 4.76. The van der Waals surface area contributed by atoms with Crippen molar-refractivity contribution >= 4 is 35.1 Å². The minimum atomic E-state index is -4.54. The minimum absolute atomic E-state index is 0.0582. The second kappa shape index (κ2) is 18.6. The molecule has 232 valence electrons. The van der Waals surface area contributed by atoms with E-state index in [-0.39, 0.29) is 17.2 Å². The Balaban J connectivity index is 1.47. The van der Waals surface area contributed by atoms with Crippen molar-refractivity contribution in [1.29, 1.82) is 0 Å². The number of thiazole rings is 1. The molecule has 7 nitrogen and oxygen atoms in total. The third-order valence-corrected chi connectivity index (χ3v) is 9.05. The van der Waals surface area contributed by atoms with E-state index in [4.69, 9.17) is 18.5 Å². The number of aromatic nitrogens is 1. The average molecular weight is 684 g/mol. The Labute approximate surface area is 263 Å². The number of aryl methyl sites for hydroxylation is 1. The first-order valence-electron chi connectivity index (χ1n) is 15.0. The summed E-state index contributed by atoms with van der Waals surface area (Å²) in [5.74, 6) is 0.981. The van der Waals surface area contributed by atoms with E-state index in [0.717, 1.165) is 18.4 Å². The third-order valence-electron chi connectivity index (χ3n) is 6.86. The summed E-state index contributed by atoms with van der Waals surface area (Å²) in [6.45, 7) is 5.45. The number of halogens is 1. The highest BCUT2D eigenvalue weighted by Gasteiger charge is 2.29. The van der Waals surface area contributed by atoms with E-state index in [1.54, 1.807) is 41.7 Å². The number of unbranched alkanes of at least 4 members (excludes halogenated alkanes) is 11. The summed E-state index contributed by atoms with van der Waals surface area (Å²) in [6.07, 6.45) is 17.3. The van der Waals surface area contributed by atoms with Crippen LogP contribution in [0, 0.1) is 6.92 Å². The van der Waals surface area contributed by atoms with Gasteiger partial charge in [-0.25, -0.2) is 4.57 Å². The first kappa shape index (κ1) is 34.4. The molecule has 1 heterocycles. The fraction of sp³-hybridized carbons (Fsp3) is 0.531. The van der Waals surface area contributed by atoms with Crippen LogP contribution in [0.15, 0.2) is 52.6 Å². The molecule has 1 atom stereocenters. The summed E-state index contributed by atoms with van der Waals surface area (Å²) >= 11 is 5.10. The molecule has 1 unspecified atom stereocenters. The molecule has 0 amide bonds. The van der Waals surface area contributed by atoms with Gasteiger partial charge in [0.15, 0.2) is 24.2 Å². The van der Waals surface area contributed by atoms with Gasteiger partial charge < -0.3 is 18.5 Å². The molecule has 0 bridgehead atoms. The highest BCUT2D eigenvalue weighted by molar-refractivity contribution is 9.10. The van der Waals surface area contributed by atoms with E-state index in [1.807, 2.05) is 18.5 Å². The van der Waals surface area contributed by atoms with Crippen LogP contribution in [-0.4, -0.2) is 18.6 Å². The Kier molecular flexibility index (Phi) is 15.2. The number of ether oxygens (including phenoxy) is 2. The number of rotatable bonds is 21. The Hall–Kier alpha value is -2.06. The van der Waals surface area contributed by atoms with Crippen LogP contribution in [0.25, 0.3) is 0 Å². The Morgan fingerprint density at radius 1 is 0.905 bits per heavy atom. The molecule has 0 aliphatic carbocycles. The van der Waals surface area contributed by atoms with Gasteiger partial charge in [0.2, 0.25) is 11.3 Å². The van der Waals surface area contributed by atoms with Crippen LogP contribution in [0.2, 0.25) is 0 Å². The molecule has 0 saturated carbocycles. The number of nitrogens with zero attached hydrogens (tertiary/aromatic N) is 1. The number of hydrogen-bond acceptors (Lipinski definition) is 6. The second-order valence-corrected chi connectivity index (χ2v) is 13.9. The van der Waals surface area contributed by atoms with E-state index < -0.39 is 7.82 Å². The molecule has 0 aliphatic heterocycles. The highest BCUT2D eigenvalue weighted by atomic mass is 79.9. The maximum absolute atomic E-state index is 13.0. The Morgan fingerprint density at radius 3 is 2.17 bits per heavy atom. The van der Waals surface area contributed by atoms with Gasteiger partial charge in [0.25, 0.3) is 0 Å². The van der Waals surface area contributed by atoms with Gasteiger partial charge in [-0.05, 0) is 37.6 Å². The van der Waals surface area contributed by atoms with E-state index in [2.05, 4.69) is 33.6 Å². The lowest BCUT2D eigenvalue weighted by atomic mass is 10.1. The van der Waals surface area contributed by atoms with Gasteiger partial charge in [-0.2, -0.15) is 4.57 Å². The van der Waals surface area contributed by atoms with E-state index in [9.17, 15) is 9.46 Å². The third kappa shape index (κ3) is 12.7. The van der Waals surface area contributed by atoms with Gasteiger partial charge >= 0.3 is 7.82 Å². The Bertz CT molecular complexity index is 1270. The average Bonchev–Trinajstić information content (AvgIpc) is 3.35. The summed E-state index contributed by atoms with van der Waals surface area (Å²) in [5.41, 5.74) is 2.96. The fourth-order valence-corrected chi connectivity index (χ4v) is 6.61. The van der Waals surface area contributed by atoms with Gasteiger partial charge in [0.1, 0.15) is 5.75 Å². The van der Waals surface area contributed by atoms with Crippen LogP contribution < -0.4 is 23.1 Å². The summed E-state index contributed by atoms with van der Waals surface area (Å²) in [5, 5.41) is 0. The van der Waals surface area contributed by atoms with Gasteiger partial charge in [0, 0.05) is 10.0 Å². The lowest BCUT2D eigenvalue weighted by Gasteiger charge is -2.18. The van der Waals surface area contributed by atoms with Crippen molar-refractivity contribution in [2.24, 2.45) is 0 Å². The number of phosphoric acid groups is 1. The van der Waals surface area contributed by atoms with Gasteiger partial charge in [-0.3, -0.25) is 4.89 Å². The van der Waals surface area contributed by atoms with Crippen LogP contribution in [0.5, 0.6) is 23.0 Å². The summed E-state index contributed by atoms with van der Waals surface area (Å²) < 4.78 is 38.1. The van der Waals surface area contributed by atoms with Crippen LogP contribution in [-0.2, 0) is 11.1 Å². The smallest absolute Gasteiger partial charge is 0.490 e. The zero-order valence-electron chi connectivity index (χ0n) is 25.2. The summed E-state index contributed by atoms with van der Waals surface area (Å²) in [6, 6.07) is 10.4. The number of methoxy groups -OCH3 is 1. The number of phosphoric ester groups is 1. The van der Waals surface area contributed by atoms with Crippen LogP contribution >= 0.6 is 35.1 Å². The van der Waals surface area contributed by atoms with E-state index >= 15 is 0 Å². The molecule has 0 spiro atoms. The van der Waals surface area contributed by atoms with Gasteiger partial charge in [-0.1, -0.05) is 117 Å². The van der Waals surface area contributed by atoms with Crippen LogP contribution in [0.3, 0.4) is 0 Å². The van der Waals surface area contributed by atoms with Gasteiger partial charge in [-0.15, -0.1) is 0 Å². The summed E-state index contributed by atoms with van der Waals surface area (Å²) in [4.78, 5) is 11.8. The lowest BCUT2D eigenvalue weighted by Crippen LogP contribution is -2.30. The largest absolute Gasteiger partial charge is 0.585 e. The molecule has 42 heavy (non-hydrogen) atoms. The molecule has 10 heteroatoms. The predicted molar refractivity (Wildman–Crippen MR) is 173 cm³/mol. The molecule has 0 fully saturated rings. The molecular formula is C32H46BrNO6PS+. The molecule has 0 saturated heterocycles. The maximum atomic E-state index is 13.0. The van der Waals surface area contributed by atoms with Crippen molar-refractivity contribution < 1.29 is 32.5 Å². The van der Waals surface area contributed by atoms with Crippen molar-refractivity contribution in [2.45, 2.75) is 97.4 Å². The standard InChI is InChI=1S/C32H45BrNO6PS/c1-4-5-6-7-8-9-10-11-12-13-14-15-19-38-30-21-28(33)22-31(32(30)37-3)40-41(35,36)39-29-18-16-17-27(20-29)24-34-23-26(2)42-25-34/h16-18,20-23,25H,4-15,19,24H2,1-3H3/p+1. The first-order valence-corrected chi connectivity index (χ1v) is 18.2. The lowest BCUT2D eigenvalue weighted by molar-refractivity contribution is -0.683. The van der Waals surface area contributed by atoms with Crippen LogP contribution in [0.4, 0.5) is 0 Å². The first-order chi connectivity index (χ1) is 20.3. The minimum Gasteiger partial charge on any atom is -0.490 e. The highest BCUT2D eigenvalue weighted by Crippen LogP contribution is 2.50. The quantitative estimate of drug-likeness (QED) is 0.0685. The van der Waals surface area contributed by atoms with Crippen LogP contribution in [0.1, 0.15) is 94.4 Å². The molecule has 1 aromatic heterocycles. The Morgan fingerprint density at radius 2 is 1.55 bits per heavy atom. The van der Waals surface area contributed by atoms with Crippen molar-refractivity contribution in [2.75, 3.05) is 13.7 Å². The van der Waals surface area contributed by atoms with Gasteiger partial charge in [0.05, 0.1) is 18.6 Å². The summed E-state index contributed by atoms with van der Waals surface area (Å²) in [7, 11) is -3.06. The zero-order valence-corrected chi connectivity index (χ0v) is 28.5. The van der Waals surface area contributed by atoms with Crippen molar-refractivity contribution in [3.63, 3.8) is 0 Å². The number of hydrogen-bond donors (Lipinski definition) is 1. The normalized spacial score (nSPS) is 12.6. The van der Waals surface area contributed by atoms with E-state index in [0.29, 0.717) is 23.4 Å². The van der Waals surface area contributed by atoms with Crippen molar-refractivity contribution in [1.82, 2.24) is 0 Å². The second-order valence-electron chi connectivity index (χ2n) is 10.6.